The first-order valence-corrected chi connectivity index (χ1v) is 9.13. The van der Waals surface area contributed by atoms with E-state index in [0.717, 1.165) is 10.9 Å². The summed E-state index contributed by atoms with van der Waals surface area (Å²) in [6, 6.07) is 5.26. The van der Waals surface area contributed by atoms with E-state index in [1.165, 1.54) is 4.90 Å². The molecule has 3 rings (SSSR count). The first-order chi connectivity index (χ1) is 13.1. The van der Waals surface area contributed by atoms with Crippen LogP contribution < -0.4 is 4.74 Å². The average Bonchev–Trinajstić information content (AvgIpc) is 3.24. The molecule has 1 aliphatic rings. The molecule has 9 nitrogen and oxygen atoms in total. The van der Waals surface area contributed by atoms with Gasteiger partial charge < -0.3 is 24.6 Å². The summed E-state index contributed by atoms with van der Waals surface area (Å²) < 4.78 is 12.4. The zero-order valence-corrected chi connectivity index (χ0v) is 16.2. The van der Waals surface area contributed by atoms with Crippen molar-refractivity contribution in [1.82, 2.24) is 14.7 Å². The van der Waals surface area contributed by atoms with Crippen LogP contribution in [0.25, 0.3) is 10.9 Å². The van der Waals surface area contributed by atoms with E-state index in [-0.39, 0.29) is 12.6 Å². The number of esters is 1. The lowest BCUT2D eigenvalue weighted by Crippen LogP contribution is -2.35. The average molecular weight is 391 g/mol. The van der Waals surface area contributed by atoms with Crippen LogP contribution in [-0.4, -0.2) is 68.4 Å². The molecule has 0 radical (unpaired) electrons. The quantitative estimate of drug-likeness (QED) is 0.750. The van der Waals surface area contributed by atoms with Gasteiger partial charge in [0.15, 0.2) is 6.10 Å². The fraction of sp³-hybridized carbons (Fsp3) is 0.526. The smallest absolute Gasteiger partial charge is 0.407 e. The number of benzene rings is 1. The Morgan fingerprint density at radius 3 is 2.75 bits per heavy atom. The van der Waals surface area contributed by atoms with E-state index in [4.69, 9.17) is 14.6 Å². The van der Waals surface area contributed by atoms with Crippen LogP contribution in [-0.2, 0) is 9.53 Å². The van der Waals surface area contributed by atoms with Gasteiger partial charge in [0.2, 0.25) is 0 Å². The summed E-state index contributed by atoms with van der Waals surface area (Å²) >= 11 is 0. The Kier molecular flexibility index (Phi) is 5.46. The lowest BCUT2D eigenvalue weighted by Gasteiger charge is -2.21. The van der Waals surface area contributed by atoms with E-state index in [1.807, 2.05) is 6.20 Å². The van der Waals surface area contributed by atoms with Crippen LogP contribution in [0.3, 0.4) is 0 Å². The fourth-order valence-electron chi connectivity index (χ4n) is 3.04. The number of likely N-dealkylation sites (tertiary alicyclic amines) is 1. The Morgan fingerprint density at radius 1 is 1.36 bits per heavy atom. The number of ether oxygens (including phenoxy) is 2. The minimum Gasteiger partial charge on any atom is -0.490 e. The molecule has 2 N–H and O–H groups in total. The van der Waals surface area contributed by atoms with Gasteiger partial charge in [-0.3, -0.25) is 4.68 Å². The minimum absolute atomic E-state index is 0.00172. The number of rotatable bonds is 5. The highest BCUT2D eigenvalue weighted by atomic mass is 16.6. The molecule has 1 aromatic heterocycles. The van der Waals surface area contributed by atoms with Gasteiger partial charge in [0.25, 0.3) is 0 Å². The summed E-state index contributed by atoms with van der Waals surface area (Å²) in [5.74, 6) is -0.237. The SMILES string of the molecule is CC(C)(C)OC(=O)C(O)COc1ccc2nn(C3CCN(C(=O)O)C3)cc2c1. The Morgan fingerprint density at radius 2 is 2.11 bits per heavy atom. The number of hydrogen-bond donors (Lipinski definition) is 2. The lowest BCUT2D eigenvalue weighted by atomic mass is 10.2. The Labute approximate surface area is 162 Å². The highest BCUT2D eigenvalue weighted by molar-refractivity contribution is 5.79. The summed E-state index contributed by atoms with van der Waals surface area (Å²) in [7, 11) is 0. The van der Waals surface area contributed by atoms with Crippen molar-refractivity contribution in [3.8, 4) is 5.75 Å². The summed E-state index contributed by atoms with van der Waals surface area (Å²) in [5.41, 5.74) is 0.0796. The van der Waals surface area contributed by atoms with Gasteiger partial charge in [-0.1, -0.05) is 0 Å². The Bertz CT molecular complexity index is 872. The molecule has 2 aromatic rings. The van der Waals surface area contributed by atoms with E-state index < -0.39 is 23.8 Å². The molecule has 1 amide bonds. The van der Waals surface area contributed by atoms with E-state index in [1.54, 1.807) is 43.7 Å². The molecule has 0 aliphatic carbocycles. The van der Waals surface area contributed by atoms with Gasteiger partial charge in [-0.25, -0.2) is 9.59 Å². The second-order valence-electron chi connectivity index (χ2n) is 7.86. The van der Waals surface area contributed by atoms with Crippen LogP contribution in [0.2, 0.25) is 0 Å². The summed E-state index contributed by atoms with van der Waals surface area (Å²) in [5, 5.41) is 24.3. The molecule has 1 aromatic carbocycles. The van der Waals surface area contributed by atoms with Crippen LogP contribution in [0.5, 0.6) is 5.75 Å². The second-order valence-corrected chi connectivity index (χ2v) is 7.86. The largest absolute Gasteiger partial charge is 0.490 e. The summed E-state index contributed by atoms with van der Waals surface area (Å²) in [6.07, 6.45) is 0.269. The minimum atomic E-state index is -1.38. The van der Waals surface area contributed by atoms with Crippen LogP contribution >= 0.6 is 0 Å². The Hall–Kier alpha value is -2.81. The molecular weight excluding hydrogens is 366 g/mol. The third-order valence-electron chi connectivity index (χ3n) is 4.39. The van der Waals surface area contributed by atoms with E-state index in [0.29, 0.717) is 25.3 Å². The number of carbonyl (C=O) groups is 2. The lowest BCUT2D eigenvalue weighted by molar-refractivity contribution is -0.166. The van der Waals surface area contributed by atoms with Crippen LogP contribution in [0.15, 0.2) is 24.4 Å². The molecule has 2 unspecified atom stereocenters. The molecule has 0 spiro atoms. The van der Waals surface area contributed by atoms with Crippen molar-refractivity contribution < 1.29 is 29.3 Å². The number of carboxylic acid groups (broad SMARTS) is 1. The molecule has 1 fully saturated rings. The zero-order chi connectivity index (χ0) is 20.5. The van der Waals surface area contributed by atoms with Crippen molar-refractivity contribution >= 4 is 23.0 Å². The van der Waals surface area contributed by atoms with Gasteiger partial charge in [0, 0.05) is 24.7 Å². The fourth-order valence-corrected chi connectivity index (χ4v) is 3.04. The van der Waals surface area contributed by atoms with Crippen molar-refractivity contribution in [2.24, 2.45) is 0 Å². The number of aliphatic hydroxyl groups excluding tert-OH is 1. The molecule has 1 aliphatic heterocycles. The maximum Gasteiger partial charge on any atom is 0.407 e. The number of aromatic nitrogens is 2. The number of carbonyl (C=O) groups excluding carboxylic acids is 1. The van der Waals surface area contributed by atoms with Crippen molar-refractivity contribution in [2.45, 2.75) is 44.9 Å². The molecule has 9 heteroatoms. The number of amides is 1. The molecule has 152 valence electrons. The monoisotopic (exact) mass is 391 g/mol. The van der Waals surface area contributed by atoms with Gasteiger partial charge in [0.05, 0.1) is 11.6 Å². The van der Waals surface area contributed by atoms with Gasteiger partial charge in [0.1, 0.15) is 18.0 Å². The molecule has 28 heavy (non-hydrogen) atoms. The number of nitrogens with zero attached hydrogens (tertiary/aromatic N) is 3. The number of fused-ring (bicyclic) bond motifs is 1. The maximum atomic E-state index is 11.8. The van der Waals surface area contributed by atoms with Gasteiger partial charge in [-0.2, -0.15) is 5.10 Å². The maximum absolute atomic E-state index is 11.8. The van der Waals surface area contributed by atoms with Gasteiger partial charge in [-0.05, 0) is 45.4 Å². The van der Waals surface area contributed by atoms with Crippen molar-refractivity contribution in [3.05, 3.63) is 24.4 Å². The molecule has 0 saturated carbocycles. The van der Waals surface area contributed by atoms with Crippen LogP contribution in [0.1, 0.15) is 33.2 Å². The predicted octanol–water partition coefficient (Wildman–Crippen LogP) is 2.04. The molecular formula is C19H25N3O6. The Balaban J connectivity index is 1.63. The third-order valence-corrected chi connectivity index (χ3v) is 4.39. The van der Waals surface area contributed by atoms with E-state index >= 15 is 0 Å². The third kappa shape index (κ3) is 4.72. The molecule has 1 saturated heterocycles. The van der Waals surface area contributed by atoms with Crippen LogP contribution in [0.4, 0.5) is 4.79 Å². The normalized spacial score (nSPS) is 18.3. The van der Waals surface area contributed by atoms with E-state index in [2.05, 4.69) is 5.10 Å². The summed E-state index contributed by atoms with van der Waals surface area (Å²) in [4.78, 5) is 24.3. The van der Waals surface area contributed by atoms with Crippen LogP contribution in [0, 0.1) is 0 Å². The standard InChI is InChI=1S/C19H25N3O6/c1-19(2,3)28-17(24)16(23)11-27-14-4-5-15-12(8-14)9-22(20-15)13-6-7-21(10-13)18(25)26/h4-5,8-9,13,16,23H,6-7,10-11H2,1-3H3,(H,25,26). The number of hydrogen-bond acceptors (Lipinski definition) is 6. The zero-order valence-electron chi connectivity index (χ0n) is 16.2. The summed E-state index contributed by atoms with van der Waals surface area (Å²) in [6.45, 7) is 5.87. The van der Waals surface area contributed by atoms with Crippen molar-refractivity contribution in [1.29, 1.82) is 0 Å². The first-order valence-electron chi connectivity index (χ1n) is 9.13. The van der Waals surface area contributed by atoms with Crippen molar-refractivity contribution in [2.75, 3.05) is 19.7 Å². The molecule has 0 bridgehead atoms. The highest BCUT2D eigenvalue weighted by Crippen LogP contribution is 2.26. The number of aliphatic hydroxyl groups is 1. The molecule has 2 atom stereocenters. The van der Waals surface area contributed by atoms with Crippen molar-refractivity contribution in [3.63, 3.8) is 0 Å². The first kappa shape index (κ1) is 19.9. The van der Waals surface area contributed by atoms with Gasteiger partial charge in [-0.15, -0.1) is 0 Å². The highest BCUT2D eigenvalue weighted by Gasteiger charge is 2.28. The predicted molar refractivity (Wildman–Crippen MR) is 100 cm³/mol. The second kappa shape index (κ2) is 7.67. The molecule has 2 heterocycles. The topological polar surface area (TPSA) is 114 Å². The van der Waals surface area contributed by atoms with E-state index in [9.17, 15) is 14.7 Å². The van der Waals surface area contributed by atoms with Gasteiger partial charge >= 0.3 is 12.1 Å².